The predicted octanol–water partition coefficient (Wildman–Crippen LogP) is 1.28. The maximum absolute atomic E-state index is 5.73. The molecule has 0 spiro atoms. The minimum Gasteiger partial charge on any atom is -0.376 e. The zero-order valence-electron chi connectivity index (χ0n) is 6.55. The van der Waals surface area contributed by atoms with E-state index >= 15 is 0 Å². The second-order valence-electron chi connectivity index (χ2n) is 3.81. The molecule has 2 N–H and O–H groups in total. The second-order valence-corrected chi connectivity index (χ2v) is 4.99. The fourth-order valence-electron chi connectivity index (χ4n) is 2.11. The maximum Gasteiger partial charge on any atom is 0.0706 e. The quantitative estimate of drug-likeness (QED) is 0.675. The van der Waals surface area contributed by atoms with Gasteiger partial charge in [-0.1, -0.05) is 15.9 Å². The van der Waals surface area contributed by atoms with E-state index in [9.17, 15) is 0 Å². The molecule has 1 saturated carbocycles. The number of hydrogen-bond acceptors (Lipinski definition) is 2. The third kappa shape index (κ3) is 1.23. The minimum absolute atomic E-state index is 0.342. The van der Waals surface area contributed by atoms with Crippen molar-refractivity contribution in [3.8, 4) is 0 Å². The van der Waals surface area contributed by atoms with Crippen LogP contribution < -0.4 is 5.73 Å². The first-order valence-corrected chi connectivity index (χ1v) is 5.13. The Morgan fingerprint density at radius 3 is 3.18 bits per heavy atom. The largest absolute Gasteiger partial charge is 0.376 e. The van der Waals surface area contributed by atoms with Crippen LogP contribution in [0, 0.1) is 5.41 Å². The van der Waals surface area contributed by atoms with Gasteiger partial charge in [-0.3, -0.25) is 0 Å². The van der Waals surface area contributed by atoms with Gasteiger partial charge in [-0.15, -0.1) is 0 Å². The molecule has 11 heavy (non-hydrogen) atoms. The lowest BCUT2D eigenvalue weighted by molar-refractivity contribution is 0.108. The molecule has 3 heteroatoms. The van der Waals surface area contributed by atoms with Crippen molar-refractivity contribution in [2.24, 2.45) is 11.1 Å². The van der Waals surface area contributed by atoms with Gasteiger partial charge in [-0.25, -0.2) is 0 Å². The van der Waals surface area contributed by atoms with Gasteiger partial charge in [0.25, 0.3) is 0 Å². The summed E-state index contributed by atoms with van der Waals surface area (Å²) >= 11 is 3.63. The van der Waals surface area contributed by atoms with Gasteiger partial charge in [0.05, 0.1) is 12.7 Å². The van der Waals surface area contributed by atoms with Crippen LogP contribution in [0.25, 0.3) is 0 Å². The molecular weight excluding hydrogens is 206 g/mol. The molecule has 1 saturated heterocycles. The van der Waals surface area contributed by atoms with Crippen LogP contribution in [0.3, 0.4) is 0 Å². The first-order chi connectivity index (χ1) is 5.26. The Labute approximate surface area is 75.6 Å². The van der Waals surface area contributed by atoms with Crippen molar-refractivity contribution in [3.63, 3.8) is 0 Å². The fourth-order valence-corrected chi connectivity index (χ4v) is 2.68. The number of alkyl halides is 1. The second kappa shape index (κ2) is 2.71. The van der Waals surface area contributed by atoms with Crippen LogP contribution in [0.1, 0.15) is 19.3 Å². The Morgan fingerprint density at radius 2 is 2.45 bits per heavy atom. The SMILES string of the molecule is NCC12CC[C@@H](Br)[C@@H](C1)OC2. The van der Waals surface area contributed by atoms with E-state index in [0.717, 1.165) is 13.2 Å². The Kier molecular flexibility index (Phi) is 1.98. The van der Waals surface area contributed by atoms with Gasteiger partial charge in [-0.05, 0) is 19.3 Å². The molecule has 1 heterocycles. The highest BCUT2D eigenvalue weighted by molar-refractivity contribution is 9.09. The van der Waals surface area contributed by atoms with Crippen LogP contribution in [0.2, 0.25) is 0 Å². The van der Waals surface area contributed by atoms with Gasteiger partial charge < -0.3 is 10.5 Å². The molecule has 0 aromatic heterocycles. The van der Waals surface area contributed by atoms with E-state index < -0.39 is 0 Å². The molecule has 2 aliphatic rings. The van der Waals surface area contributed by atoms with Gasteiger partial charge in [-0.2, -0.15) is 0 Å². The maximum atomic E-state index is 5.73. The lowest BCUT2D eigenvalue weighted by Gasteiger charge is -2.31. The van der Waals surface area contributed by atoms with E-state index in [1.54, 1.807) is 0 Å². The molecule has 1 aliphatic heterocycles. The van der Waals surface area contributed by atoms with Crippen LogP contribution in [0.15, 0.2) is 0 Å². The van der Waals surface area contributed by atoms with E-state index in [2.05, 4.69) is 15.9 Å². The van der Waals surface area contributed by atoms with Crippen molar-refractivity contribution in [1.29, 1.82) is 0 Å². The smallest absolute Gasteiger partial charge is 0.0706 e. The van der Waals surface area contributed by atoms with Crippen LogP contribution in [-0.2, 0) is 4.74 Å². The van der Waals surface area contributed by atoms with E-state index in [0.29, 0.717) is 16.3 Å². The Morgan fingerprint density at radius 1 is 1.64 bits per heavy atom. The van der Waals surface area contributed by atoms with Gasteiger partial charge in [0.2, 0.25) is 0 Å². The van der Waals surface area contributed by atoms with Gasteiger partial charge >= 0.3 is 0 Å². The van der Waals surface area contributed by atoms with Crippen molar-refractivity contribution in [3.05, 3.63) is 0 Å². The molecule has 0 radical (unpaired) electrons. The molecule has 1 unspecified atom stereocenters. The molecule has 0 aromatic carbocycles. The van der Waals surface area contributed by atoms with Crippen LogP contribution in [-0.4, -0.2) is 24.1 Å². The molecule has 64 valence electrons. The molecule has 3 atom stereocenters. The number of hydrogen-bond donors (Lipinski definition) is 1. The summed E-state index contributed by atoms with van der Waals surface area (Å²) in [5, 5.41) is 0. The number of fused-ring (bicyclic) bond motifs is 2. The highest BCUT2D eigenvalue weighted by atomic mass is 79.9. The zero-order valence-corrected chi connectivity index (χ0v) is 8.14. The third-order valence-corrected chi connectivity index (χ3v) is 4.07. The first-order valence-electron chi connectivity index (χ1n) is 4.21. The Balaban J connectivity index is 2.10. The lowest BCUT2D eigenvalue weighted by Crippen LogP contribution is -2.36. The average Bonchev–Trinajstić information content (AvgIpc) is 2.40. The summed E-state index contributed by atoms with van der Waals surface area (Å²) in [6.45, 7) is 1.68. The highest BCUT2D eigenvalue weighted by Gasteiger charge is 2.45. The van der Waals surface area contributed by atoms with E-state index in [1.807, 2.05) is 0 Å². The topological polar surface area (TPSA) is 35.2 Å². The molecule has 2 bridgehead atoms. The summed E-state index contributed by atoms with van der Waals surface area (Å²) in [6.07, 6.45) is 4.06. The monoisotopic (exact) mass is 219 g/mol. The normalized spacial score (nSPS) is 49.6. The molecule has 2 fully saturated rings. The fraction of sp³-hybridized carbons (Fsp3) is 1.00. The average molecular weight is 220 g/mol. The molecule has 0 amide bonds. The Bertz CT molecular complexity index is 164. The van der Waals surface area contributed by atoms with E-state index in [-0.39, 0.29) is 0 Å². The summed E-state index contributed by atoms with van der Waals surface area (Å²) in [5.74, 6) is 0. The standard InChI is InChI=1S/C8H14BrNO/c9-6-1-2-8(4-10)3-7(6)11-5-8/h6-7H,1-5,10H2/t6-,7-,8?/m1/s1. The van der Waals surface area contributed by atoms with Crippen LogP contribution in [0.5, 0.6) is 0 Å². The predicted molar refractivity (Wildman–Crippen MR) is 47.8 cm³/mol. The van der Waals surface area contributed by atoms with Gasteiger partial charge in [0.15, 0.2) is 0 Å². The highest BCUT2D eigenvalue weighted by Crippen LogP contribution is 2.45. The number of rotatable bonds is 1. The molecular formula is C8H14BrNO. The van der Waals surface area contributed by atoms with Crippen LogP contribution >= 0.6 is 15.9 Å². The Hall–Kier alpha value is 0.400. The van der Waals surface area contributed by atoms with E-state index in [1.165, 1.54) is 19.3 Å². The summed E-state index contributed by atoms with van der Waals surface area (Å²) in [6, 6.07) is 0. The van der Waals surface area contributed by atoms with Crippen molar-refractivity contribution in [2.75, 3.05) is 13.2 Å². The first kappa shape index (κ1) is 8.02. The zero-order chi connectivity index (χ0) is 7.90. The molecule has 2 rings (SSSR count). The summed E-state index contributed by atoms with van der Waals surface area (Å²) in [7, 11) is 0. The third-order valence-electron chi connectivity index (χ3n) is 3.02. The van der Waals surface area contributed by atoms with Crippen molar-refractivity contribution in [1.82, 2.24) is 0 Å². The lowest BCUT2D eigenvalue weighted by atomic mass is 9.76. The van der Waals surface area contributed by atoms with Gasteiger partial charge in [0.1, 0.15) is 0 Å². The summed E-state index contributed by atoms with van der Waals surface area (Å²) < 4.78 is 5.66. The number of halogens is 1. The van der Waals surface area contributed by atoms with Gasteiger partial charge in [0, 0.05) is 16.8 Å². The van der Waals surface area contributed by atoms with Crippen molar-refractivity contribution in [2.45, 2.75) is 30.2 Å². The van der Waals surface area contributed by atoms with Crippen molar-refractivity contribution >= 4 is 15.9 Å². The van der Waals surface area contributed by atoms with Crippen molar-refractivity contribution < 1.29 is 4.74 Å². The number of ether oxygens (including phenoxy) is 1. The van der Waals surface area contributed by atoms with E-state index in [4.69, 9.17) is 10.5 Å². The summed E-state index contributed by atoms with van der Waals surface area (Å²) in [4.78, 5) is 0.574. The molecule has 1 aliphatic carbocycles. The minimum atomic E-state index is 0.342. The number of nitrogens with two attached hydrogens (primary N) is 1. The molecule has 2 nitrogen and oxygen atoms in total. The molecule has 0 aromatic rings. The van der Waals surface area contributed by atoms with Crippen LogP contribution in [0.4, 0.5) is 0 Å². The summed E-state index contributed by atoms with van der Waals surface area (Å²) in [5.41, 5.74) is 6.07.